The number of hydrogen-bond donors (Lipinski definition) is 0. The highest BCUT2D eigenvalue weighted by Crippen LogP contribution is 2.45. The standard InChI is InChI=1S/C60H62N4O14/c1-9-26-75-59(67)63-47-33-53(51(71-5)31-45(47)55(65)61-24-22-41(29-49(61)57(63)73-7)39-14-18-43(69-3)19-15-39)77-35-37-12-11-13-38(28-37)36-78-54-34-48-46(32-52(54)72-6)56(66)62-25-23-42(40-16-20-44(70-4)21-17-40)30-50(62)58(74-8)64(48)60(68)76-27-10-2/h9-23,28,31-34,49-50,57-58H,1-2,24-27,29-30,35-36H2,3-8H3/t49-,50-,57?,58?/m0/s1. The molecule has 0 saturated heterocycles. The van der Waals surface area contributed by atoms with Gasteiger partial charge >= 0.3 is 12.2 Å². The van der Waals surface area contributed by atoms with Crippen molar-refractivity contribution in [2.45, 2.75) is 50.6 Å². The van der Waals surface area contributed by atoms with Crippen molar-refractivity contribution in [3.63, 3.8) is 0 Å². The van der Waals surface area contributed by atoms with Gasteiger partial charge in [-0.25, -0.2) is 19.4 Å². The van der Waals surface area contributed by atoms with Gasteiger partial charge in [-0.2, -0.15) is 0 Å². The Hall–Kier alpha value is -8.74. The lowest BCUT2D eigenvalue weighted by molar-refractivity contribution is 0.0175. The van der Waals surface area contributed by atoms with E-state index in [9.17, 15) is 19.2 Å². The van der Waals surface area contributed by atoms with Gasteiger partial charge in [-0.15, -0.1) is 0 Å². The van der Waals surface area contributed by atoms with Crippen LogP contribution in [0.15, 0.2) is 135 Å². The second kappa shape index (κ2) is 24.1. The summed E-state index contributed by atoms with van der Waals surface area (Å²) in [6, 6.07) is 28.0. The minimum absolute atomic E-state index is 0.0343. The van der Waals surface area contributed by atoms with Crippen LogP contribution >= 0.6 is 0 Å². The molecule has 0 radical (unpaired) electrons. The molecule has 0 aromatic heterocycles. The molecule has 18 heteroatoms. The fourth-order valence-corrected chi connectivity index (χ4v) is 10.4. The van der Waals surface area contributed by atoms with Crippen molar-refractivity contribution in [1.82, 2.24) is 9.80 Å². The lowest BCUT2D eigenvalue weighted by Gasteiger charge is -2.40. The Kier molecular flexibility index (Phi) is 16.7. The molecule has 2 unspecified atom stereocenters. The number of carbonyl (C=O) groups is 4. The van der Waals surface area contributed by atoms with E-state index >= 15 is 0 Å². The van der Waals surface area contributed by atoms with Gasteiger partial charge in [0.2, 0.25) is 0 Å². The number of carbonyl (C=O) groups excluding carboxylic acids is 4. The van der Waals surface area contributed by atoms with Gasteiger partial charge in [0.05, 0.1) is 63.0 Å². The maximum absolute atomic E-state index is 14.6. The summed E-state index contributed by atoms with van der Waals surface area (Å²) in [5.41, 5.74) is 6.15. The van der Waals surface area contributed by atoms with E-state index in [1.807, 2.05) is 84.9 Å². The predicted molar refractivity (Wildman–Crippen MR) is 292 cm³/mol. The second-order valence-corrected chi connectivity index (χ2v) is 18.5. The van der Waals surface area contributed by atoms with Gasteiger partial charge in [0.1, 0.15) is 37.9 Å². The number of hydrogen-bond acceptors (Lipinski definition) is 14. The van der Waals surface area contributed by atoms with Crippen molar-refractivity contribution in [2.24, 2.45) is 0 Å². The van der Waals surface area contributed by atoms with Crippen molar-refractivity contribution in [2.75, 3.05) is 78.8 Å². The number of fused-ring (bicyclic) bond motifs is 4. The zero-order valence-electron chi connectivity index (χ0n) is 44.4. The molecular formula is C60H62N4O14. The Balaban J connectivity index is 0.971. The Morgan fingerprint density at radius 1 is 0.538 bits per heavy atom. The third-order valence-electron chi connectivity index (χ3n) is 14.2. The smallest absolute Gasteiger partial charge is 0.416 e. The van der Waals surface area contributed by atoms with Crippen molar-refractivity contribution >= 4 is 46.5 Å². The summed E-state index contributed by atoms with van der Waals surface area (Å²) in [4.78, 5) is 63.7. The lowest BCUT2D eigenvalue weighted by Crippen LogP contribution is -2.55. The summed E-state index contributed by atoms with van der Waals surface area (Å²) in [5.74, 6) is 1.78. The molecule has 4 amide bonds. The van der Waals surface area contributed by atoms with Gasteiger partial charge in [0.25, 0.3) is 11.8 Å². The zero-order valence-corrected chi connectivity index (χ0v) is 44.4. The molecule has 4 atom stereocenters. The SMILES string of the molecule is C=CCOC(=O)N1c2cc(OCc3cccc(COc4cc5c(cc4OC)C(=O)N4CC=C(c6ccc(OC)cc6)C[C@H]4C(OC)N5C(=O)OCC=C)c3)c(OC)cc2C(=O)N2CC=C(c3ccc(OC)cc3)C[C@H]2C1OC. The molecule has 18 nitrogen and oxygen atoms in total. The van der Waals surface area contributed by atoms with Gasteiger partial charge in [0.15, 0.2) is 35.5 Å². The van der Waals surface area contributed by atoms with E-state index < -0.39 is 36.7 Å². The Labute approximate surface area is 453 Å². The maximum Gasteiger partial charge on any atom is 0.416 e. The van der Waals surface area contributed by atoms with E-state index in [4.69, 9.17) is 47.4 Å². The first-order valence-corrected chi connectivity index (χ1v) is 25.2. The van der Waals surface area contributed by atoms with E-state index in [0.717, 1.165) is 33.4 Å². The molecule has 5 aromatic carbocycles. The molecule has 4 aliphatic heterocycles. The van der Waals surface area contributed by atoms with Crippen molar-refractivity contribution in [3.05, 3.63) is 168 Å². The minimum Gasteiger partial charge on any atom is -0.497 e. The fourth-order valence-electron chi connectivity index (χ4n) is 10.4. The van der Waals surface area contributed by atoms with Gasteiger partial charge in [0, 0.05) is 39.4 Å². The quantitative estimate of drug-likeness (QED) is 0.0759. The molecule has 406 valence electrons. The van der Waals surface area contributed by atoms with Crippen molar-refractivity contribution in [1.29, 1.82) is 0 Å². The second-order valence-electron chi connectivity index (χ2n) is 18.5. The lowest BCUT2D eigenvalue weighted by atomic mass is 9.92. The molecule has 0 spiro atoms. The molecule has 4 heterocycles. The molecular weight excluding hydrogens is 1000 g/mol. The summed E-state index contributed by atoms with van der Waals surface area (Å²) in [7, 11) is 9.15. The number of amides is 4. The van der Waals surface area contributed by atoms with Gasteiger partial charge in [-0.3, -0.25) is 9.59 Å². The first-order valence-electron chi connectivity index (χ1n) is 25.2. The fraction of sp³-hybridized carbons (Fsp3) is 0.300. The Morgan fingerprint density at radius 2 is 0.949 bits per heavy atom. The summed E-state index contributed by atoms with van der Waals surface area (Å²) < 4.78 is 58.9. The Morgan fingerprint density at radius 3 is 1.31 bits per heavy atom. The molecule has 0 bridgehead atoms. The first kappa shape index (κ1) is 54.1. The molecule has 78 heavy (non-hydrogen) atoms. The van der Waals surface area contributed by atoms with Crippen molar-refractivity contribution < 1.29 is 66.5 Å². The van der Waals surface area contributed by atoms with Crippen LogP contribution in [0.4, 0.5) is 21.0 Å². The van der Waals surface area contributed by atoms with E-state index in [1.54, 1.807) is 48.3 Å². The number of rotatable bonds is 18. The highest BCUT2D eigenvalue weighted by Gasteiger charge is 2.48. The Bertz CT molecular complexity index is 2930. The topological polar surface area (TPSA) is 174 Å². The van der Waals surface area contributed by atoms with Gasteiger partial charge in [-0.05, 0) is 88.7 Å². The first-order chi connectivity index (χ1) is 38.0. The third-order valence-corrected chi connectivity index (χ3v) is 14.2. The van der Waals surface area contributed by atoms with Crippen LogP contribution in [0.1, 0.15) is 55.8 Å². The van der Waals surface area contributed by atoms with Gasteiger partial charge in [-0.1, -0.05) is 79.9 Å². The van der Waals surface area contributed by atoms with E-state index in [2.05, 4.69) is 13.2 Å². The summed E-state index contributed by atoms with van der Waals surface area (Å²) in [6.07, 6.45) is 4.25. The normalized spacial score (nSPS) is 18.5. The average molecular weight is 1060 g/mol. The molecule has 4 aliphatic rings. The molecule has 0 N–H and O–H groups in total. The summed E-state index contributed by atoms with van der Waals surface area (Å²) >= 11 is 0. The predicted octanol–water partition coefficient (Wildman–Crippen LogP) is 9.71. The van der Waals surface area contributed by atoms with Crippen molar-refractivity contribution in [3.8, 4) is 34.5 Å². The third kappa shape index (κ3) is 10.8. The molecule has 0 aliphatic carbocycles. The summed E-state index contributed by atoms with van der Waals surface area (Å²) in [6.45, 7) is 7.84. The highest BCUT2D eigenvalue weighted by molar-refractivity contribution is 6.07. The van der Waals surface area contributed by atoms with Crippen LogP contribution in [0.5, 0.6) is 34.5 Å². The van der Waals surface area contributed by atoms with Crippen LogP contribution in [0, 0.1) is 0 Å². The van der Waals surface area contributed by atoms with Crippen LogP contribution in [0.25, 0.3) is 11.1 Å². The van der Waals surface area contributed by atoms with Crippen LogP contribution in [-0.2, 0) is 32.2 Å². The van der Waals surface area contributed by atoms with Crippen LogP contribution < -0.4 is 38.2 Å². The van der Waals surface area contributed by atoms with Crippen LogP contribution in [-0.4, -0.2) is 127 Å². The minimum atomic E-state index is -0.972. The number of ether oxygens (including phenoxy) is 10. The summed E-state index contributed by atoms with van der Waals surface area (Å²) in [5, 5.41) is 0. The maximum atomic E-state index is 14.6. The van der Waals surface area contributed by atoms with Crippen LogP contribution in [0.3, 0.4) is 0 Å². The molecule has 0 saturated carbocycles. The van der Waals surface area contributed by atoms with Gasteiger partial charge < -0.3 is 57.2 Å². The highest BCUT2D eigenvalue weighted by atomic mass is 16.6. The van der Waals surface area contributed by atoms with E-state index in [0.29, 0.717) is 24.3 Å². The largest absolute Gasteiger partial charge is 0.497 e. The van der Waals surface area contributed by atoms with Crippen LogP contribution in [0.2, 0.25) is 0 Å². The molecule has 9 rings (SSSR count). The van der Waals surface area contributed by atoms with E-state index in [1.165, 1.54) is 50.4 Å². The molecule has 0 fully saturated rings. The zero-order chi connectivity index (χ0) is 55.0. The average Bonchev–Trinajstić information content (AvgIpc) is 3.94. The number of anilines is 2. The molecule has 5 aromatic rings. The number of benzene rings is 5. The monoisotopic (exact) mass is 1060 g/mol. The van der Waals surface area contributed by atoms with E-state index in [-0.39, 0.29) is 96.8 Å². The number of nitrogens with zero attached hydrogens (tertiary/aromatic N) is 4. The number of methoxy groups -OCH3 is 6.